The van der Waals surface area contributed by atoms with Crippen molar-refractivity contribution >= 4 is 50.8 Å². The van der Waals surface area contributed by atoms with Crippen molar-refractivity contribution in [1.82, 2.24) is 19.5 Å². The van der Waals surface area contributed by atoms with E-state index in [0.717, 1.165) is 44.5 Å². The van der Waals surface area contributed by atoms with Crippen LogP contribution in [-0.4, -0.2) is 32.8 Å². The number of hydrogen-bond acceptors (Lipinski definition) is 4. The number of furan rings is 1. The van der Waals surface area contributed by atoms with Crippen molar-refractivity contribution in [3.8, 4) is 17.1 Å². The van der Waals surface area contributed by atoms with Gasteiger partial charge in [0.15, 0.2) is 0 Å². The second kappa shape index (κ2) is 7.03. The van der Waals surface area contributed by atoms with Gasteiger partial charge in [0.25, 0.3) is 0 Å². The first-order valence-corrected chi connectivity index (χ1v) is 18.0. The van der Waals surface area contributed by atoms with Gasteiger partial charge in [-0.25, -0.2) is 0 Å². The van der Waals surface area contributed by atoms with Crippen LogP contribution in [0.3, 0.4) is 0 Å². The molecule has 0 unspecified atom stereocenters. The fourth-order valence-corrected chi connectivity index (χ4v) is 6.69. The van der Waals surface area contributed by atoms with E-state index in [9.17, 15) is 0 Å². The van der Waals surface area contributed by atoms with Gasteiger partial charge in [-0.1, -0.05) is 0 Å². The molecule has 6 heteroatoms. The molecule has 0 radical (unpaired) electrons. The van der Waals surface area contributed by atoms with Crippen molar-refractivity contribution in [3.05, 3.63) is 79.3 Å². The molecule has 3 aromatic carbocycles. The number of hydrogen-bond donors (Lipinski definition) is 0. The second-order valence-electron chi connectivity index (χ2n) is 9.08. The molecule has 3 aromatic heterocycles. The summed E-state index contributed by atoms with van der Waals surface area (Å²) in [5.41, 5.74) is 5.27. The van der Waals surface area contributed by atoms with Gasteiger partial charge in [0, 0.05) is 0 Å². The van der Waals surface area contributed by atoms with Crippen molar-refractivity contribution in [2.75, 3.05) is 0 Å². The SMILES string of the molecule is [CH3][Ge]([CH3])([CH3])[c]1ccc2c(c1)oc1c(-c3nc4ncncc4n3-c3ccccc3)cccc12. The minimum atomic E-state index is -1.97. The summed E-state index contributed by atoms with van der Waals surface area (Å²) in [6.45, 7) is 0. The molecule has 0 spiro atoms. The number of fused-ring (bicyclic) bond motifs is 4. The molecule has 0 N–H and O–H groups in total. The van der Waals surface area contributed by atoms with Crippen LogP contribution < -0.4 is 4.40 Å². The summed E-state index contributed by atoms with van der Waals surface area (Å²) in [5, 5.41) is 2.24. The van der Waals surface area contributed by atoms with E-state index in [4.69, 9.17) is 9.40 Å². The van der Waals surface area contributed by atoms with Gasteiger partial charge in [0.2, 0.25) is 0 Å². The molecule has 6 aromatic rings. The van der Waals surface area contributed by atoms with E-state index in [-0.39, 0.29) is 0 Å². The number of imidazole rings is 1. The number of benzene rings is 3. The van der Waals surface area contributed by atoms with Gasteiger partial charge in [0.1, 0.15) is 0 Å². The Morgan fingerprint density at radius 2 is 1.72 bits per heavy atom. The molecule has 156 valence electrons. The normalized spacial score (nSPS) is 12.2. The maximum absolute atomic E-state index is 6.50. The fraction of sp³-hybridized carbons (Fsp3) is 0.115. The van der Waals surface area contributed by atoms with Crippen LogP contribution in [0.4, 0.5) is 0 Å². The average molecular weight is 479 g/mol. The predicted molar refractivity (Wildman–Crippen MR) is 132 cm³/mol. The Morgan fingerprint density at radius 3 is 2.53 bits per heavy atom. The third-order valence-corrected chi connectivity index (χ3v) is 10.2. The molecule has 3 heterocycles. The maximum atomic E-state index is 6.50. The van der Waals surface area contributed by atoms with Gasteiger partial charge < -0.3 is 0 Å². The first-order valence-electron chi connectivity index (χ1n) is 10.7. The summed E-state index contributed by atoms with van der Waals surface area (Å²) in [5.74, 6) is 8.00. The van der Waals surface area contributed by atoms with Crippen LogP contribution in [0.25, 0.3) is 50.2 Å². The Balaban J connectivity index is 1.67. The number of para-hydroxylation sites is 2. The molecular formula is C26H22GeN4O. The van der Waals surface area contributed by atoms with E-state index in [0.29, 0.717) is 5.65 Å². The molecule has 0 saturated heterocycles. The van der Waals surface area contributed by atoms with Crippen molar-refractivity contribution < 1.29 is 4.42 Å². The van der Waals surface area contributed by atoms with Gasteiger partial charge in [-0.15, -0.1) is 0 Å². The summed E-state index contributed by atoms with van der Waals surface area (Å²) >= 11 is -1.97. The van der Waals surface area contributed by atoms with E-state index >= 15 is 0 Å². The van der Waals surface area contributed by atoms with E-state index < -0.39 is 13.3 Å². The van der Waals surface area contributed by atoms with Gasteiger partial charge in [-0.2, -0.15) is 0 Å². The van der Waals surface area contributed by atoms with Crippen LogP contribution in [0.2, 0.25) is 17.3 Å². The molecule has 0 aliphatic carbocycles. The first-order chi connectivity index (χ1) is 15.5. The van der Waals surface area contributed by atoms with E-state index in [1.54, 1.807) is 0 Å². The van der Waals surface area contributed by atoms with Gasteiger partial charge in [0.05, 0.1) is 0 Å². The summed E-state index contributed by atoms with van der Waals surface area (Å²) in [6.07, 6.45) is 3.35. The molecule has 5 nitrogen and oxygen atoms in total. The summed E-state index contributed by atoms with van der Waals surface area (Å²) < 4.78 is 10.0. The van der Waals surface area contributed by atoms with Crippen LogP contribution >= 0.6 is 0 Å². The van der Waals surface area contributed by atoms with Gasteiger partial charge in [-0.3, -0.25) is 0 Å². The molecule has 6 rings (SSSR count). The Morgan fingerprint density at radius 1 is 0.875 bits per heavy atom. The van der Waals surface area contributed by atoms with E-state index in [1.807, 2.05) is 24.4 Å². The van der Waals surface area contributed by atoms with Crippen LogP contribution in [0.1, 0.15) is 0 Å². The van der Waals surface area contributed by atoms with Crippen molar-refractivity contribution in [3.63, 3.8) is 0 Å². The zero-order chi connectivity index (χ0) is 21.9. The summed E-state index contributed by atoms with van der Waals surface area (Å²) in [4.78, 5) is 13.6. The first kappa shape index (κ1) is 19.3. The van der Waals surface area contributed by atoms with Crippen LogP contribution in [0.15, 0.2) is 83.7 Å². The topological polar surface area (TPSA) is 56.7 Å². The fourth-order valence-electron chi connectivity index (χ4n) is 4.28. The molecule has 0 atom stereocenters. The molecule has 0 bridgehead atoms. The van der Waals surface area contributed by atoms with Gasteiger partial charge >= 0.3 is 188 Å². The monoisotopic (exact) mass is 480 g/mol. The Hall–Kier alpha value is -3.45. The second-order valence-corrected chi connectivity index (χ2v) is 19.7. The Labute approximate surface area is 188 Å². The number of aromatic nitrogens is 4. The quantitative estimate of drug-likeness (QED) is 0.296. The molecule has 0 fully saturated rings. The third kappa shape index (κ3) is 2.96. The van der Waals surface area contributed by atoms with E-state index in [1.165, 1.54) is 10.7 Å². The third-order valence-electron chi connectivity index (χ3n) is 5.96. The average Bonchev–Trinajstić information content (AvgIpc) is 3.37. The molecular weight excluding hydrogens is 457 g/mol. The molecule has 0 amide bonds. The molecule has 32 heavy (non-hydrogen) atoms. The molecule has 0 aliphatic heterocycles. The number of rotatable bonds is 3. The number of nitrogens with zero attached hydrogens (tertiary/aromatic N) is 4. The van der Waals surface area contributed by atoms with E-state index in [2.05, 4.69) is 80.3 Å². The molecule has 0 saturated carbocycles. The van der Waals surface area contributed by atoms with Crippen LogP contribution in [0.5, 0.6) is 0 Å². The van der Waals surface area contributed by atoms with Crippen molar-refractivity contribution in [2.24, 2.45) is 0 Å². The zero-order valence-corrected chi connectivity index (χ0v) is 20.3. The Kier molecular flexibility index (Phi) is 4.23. The van der Waals surface area contributed by atoms with Crippen LogP contribution in [-0.2, 0) is 0 Å². The molecule has 0 aliphatic rings. The summed E-state index contributed by atoms with van der Waals surface area (Å²) in [6, 6.07) is 23.2. The minimum absolute atomic E-state index is 0.662. The zero-order valence-electron chi connectivity index (χ0n) is 18.2. The van der Waals surface area contributed by atoms with Crippen molar-refractivity contribution in [1.29, 1.82) is 0 Å². The standard InChI is InChI=1S/C26H22GeN4O/c1-27(2,3)17-12-13-19-20-10-7-11-21(24(20)32-23(19)14-17)26-30-25-22(15-28-16-29-25)31(26)18-8-5-4-6-9-18/h4-16H,1-3H3. The van der Waals surface area contributed by atoms with Gasteiger partial charge in [-0.05, 0) is 0 Å². The Bertz CT molecular complexity index is 1610. The van der Waals surface area contributed by atoms with Crippen LogP contribution in [0, 0.1) is 0 Å². The van der Waals surface area contributed by atoms with Crippen molar-refractivity contribution in [2.45, 2.75) is 17.3 Å². The summed E-state index contributed by atoms with van der Waals surface area (Å²) in [7, 11) is 0. The predicted octanol–water partition coefficient (Wildman–Crippen LogP) is 5.93.